The van der Waals surface area contributed by atoms with Crippen molar-refractivity contribution >= 4 is 40.4 Å². The smallest absolute Gasteiger partial charge is 0.292 e. The van der Waals surface area contributed by atoms with Crippen molar-refractivity contribution in [3.8, 4) is 5.75 Å². The number of nitrogens with one attached hydrogen (secondary N) is 2. The van der Waals surface area contributed by atoms with Gasteiger partial charge in [-0.15, -0.1) is 0 Å². The van der Waals surface area contributed by atoms with Gasteiger partial charge in [0.2, 0.25) is 5.95 Å². The molecule has 1 saturated carbocycles. The summed E-state index contributed by atoms with van der Waals surface area (Å²) in [6, 6.07) is 11.1. The van der Waals surface area contributed by atoms with Crippen molar-refractivity contribution in [2.24, 2.45) is 5.73 Å². The maximum atomic E-state index is 11.4. The molecule has 41 heavy (non-hydrogen) atoms. The molecule has 0 bridgehead atoms. The van der Waals surface area contributed by atoms with Crippen LogP contribution >= 0.6 is 11.6 Å². The Bertz CT molecular complexity index is 1340. The second-order valence-electron chi connectivity index (χ2n) is 11.1. The van der Waals surface area contributed by atoms with Crippen molar-refractivity contribution in [2.45, 2.75) is 70.9 Å². The summed E-state index contributed by atoms with van der Waals surface area (Å²) in [4.78, 5) is 22.1. The van der Waals surface area contributed by atoms with E-state index in [4.69, 9.17) is 22.1 Å². The summed E-state index contributed by atoms with van der Waals surface area (Å²) < 4.78 is 6.17. The zero-order chi connectivity index (χ0) is 29.5. The Morgan fingerprint density at radius 1 is 1.12 bits per heavy atom. The van der Waals surface area contributed by atoms with Gasteiger partial charge in [0.25, 0.3) is 5.69 Å². The average Bonchev–Trinajstić information content (AvgIpc) is 2.91. The lowest BCUT2D eigenvalue weighted by Crippen LogP contribution is -2.29. The first-order valence-electron chi connectivity index (χ1n) is 14.2. The van der Waals surface area contributed by atoms with Gasteiger partial charge in [-0.25, -0.2) is 4.98 Å². The number of nitrogens with zero attached hydrogens (tertiary/aromatic N) is 4. The van der Waals surface area contributed by atoms with Gasteiger partial charge in [0.05, 0.1) is 22.9 Å². The van der Waals surface area contributed by atoms with Crippen molar-refractivity contribution in [1.29, 1.82) is 0 Å². The number of nitro groups is 1. The summed E-state index contributed by atoms with van der Waals surface area (Å²) in [5.41, 5.74) is 8.82. The molecule has 0 spiro atoms. The van der Waals surface area contributed by atoms with Crippen LogP contribution in [-0.2, 0) is 0 Å². The molecule has 2 aromatic carbocycles. The van der Waals surface area contributed by atoms with Crippen LogP contribution in [0.2, 0.25) is 5.02 Å². The number of para-hydroxylation sites is 2. The molecule has 11 heteroatoms. The van der Waals surface area contributed by atoms with Crippen molar-refractivity contribution in [3.63, 3.8) is 0 Å². The van der Waals surface area contributed by atoms with E-state index < -0.39 is 4.92 Å². The first-order chi connectivity index (χ1) is 19.6. The standard InChI is InChI=1S/C26H31ClN6O3.C4H9N/c1-16(2)36-24-14-19(18-9-11-32(4)12-10-18)17(3)13-22(24)30-26-28-15-20(27)25(31-26)29-21-7-5-6-8-23(21)33(34)35;5-4-2-1-3-4/h5-8,13-16,18H,9-12H2,1-4H3,(H2,28,29,30,31);4H,1-3,5H2. The molecule has 5 rings (SSSR count). The fourth-order valence-corrected chi connectivity index (χ4v) is 4.99. The Labute approximate surface area is 246 Å². The van der Waals surface area contributed by atoms with E-state index in [1.807, 2.05) is 13.8 Å². The number of likely N-dealkylation sites (tertiary alicyclic amines) is 1. The van der Waals surface area contributed by atoms with E-state index in [9.17, 15) is 10.1 Å². The van der Waals surface area contributed by atoms with Crippen molar-refractivity contribution < 1.29 is 9.66 Å². The molecule has 1 aromatic heterocycles. The molecule has 0 unspecified atom stereocenters. The molecule has 0 atom stereocenters. The van der Waals surface area contributed by atoms with Crippen molar-refractivity contribution in [2.75, 3.05) is 30.8 Å². The largest absolute Gasteiger partial charge is 0.489 e. The number of aromatic nitrogens is 2. The first kappa shape index (κ1) is 30.5. The van der Waals surface area contributed by atoms with Gasteiger partial charge in [0.1, 0.15) is 16.5 Å². The zero-order valence-electron chi connectivity index (χ0n) is 24.2. The van der Waals surface area contributed by atoms with Crippen LogP contribution in [0.4, 0.5) is 28.8 Å². The number of ether oxygens (including phenoxy) is 1. The highest BCUT2D eigenvalue weighted by Crippen LogP contribution is 2.38. The van der Waals surface area contributed by atoms with Gasteiger partial charge in [0, 0.05) is 12.1 Å². The minimum atomic E-state index is -0.458. The summed E-state index contributed by atoms with van der Waals surface area (Å²) in [6.45, 7) is 8.26. The fourth-order valence-electron chi connectivity index (χ4n) is 4.85. The van der Waals surface area contributed by atoms with Crippen LogP contribution in [0.5, 0.6) is 5.75 Å². The Morgan fingerprint density at radius 3 is 2.41 bits per heavy atom. The normalized spacial score (nSPS) is 16.0. The highest BCUT2D eigenvalue weighted by atomic mass is 35.5. The van der Waals surface area contributed by atoms with E-state index in [0.717, 1.165) is 37.4 Å². The molecular weight excluding hydrogens is 542 g/mol. The SMILES string of the molecule is Cc1cc(Nc2ncc(Cl)c(Nc3ccccc3[N+](=O)[O-])n2)c(OC(C)C)cc1C1CCN(C)CC1.NC1CCC1. The second-order valence-corrected chi connectivity index (χ2v) is 11.5. The quantitative estimate of drug-likeness (QED) is 0.191. The van der Waals surface area contributed by atoms with Crippen molar-refractivity contribution in [3.05, 3.63) is 68.9 Å². The molecule has 220 valence electrons. The van der Waals surface area contributed by atoms with E-state index in [2.05, 4.69) is 51.6 Å². The number of hydrogen-bond acceptors (Lipinski definition) is 9. The van der Waals surface area contributed by atoms with Crippen molar-refractivity contribution in [1.82, 2.24) is 14.9 Å². The molecule has 2 aliphatic rings. The van der Waals surface area contributed by atoms with E-state index in [1.165, 1.54) is 42.7 Å². The first-order valence-corrected chi connectivity index (χ1v) is 14.5. The van der Waals surface area contributed by atoms with Crippen LogP contribution in [0.1, 0.15) is 63.0 Å². The Kier molecular flexibility index (Phi) is 10.4. The van der Waals surface area contributed by atoms with Gasteiger partial charge in [0.15, 0.2) is 5.82 Å². The number of anilines is 4. The third-order valence-corrected chi connectivity index (χ3v) is 7.66. The van der Waals surface area contributed by atoms with Gasteiger partial charge < -0.3 is 26.0 Å². The van der Waals surface area contributed by atoms with Gasteiger partial charge in [-0.2, -0.15) is 4.98 Å². The fraction of sp³-hybridized carbons (Fsp3) is 0.467. The molecule has 0 radical (unpaired) electrons. The summed E-state index contributed by atoms with van der Waals surface area (Å²) in [5, 5.41) is 17.9. The highest BCUT2D eigenvalue weighted by Gasteiger charge is 2.23. The predicted octanol–water partition coefficient (Wildman–Crippen LogP) is 6.93. The van der Waals surface area contributed by atoms with Crippen LogP contribution in [0.25, 0.3) is 0 Å². The van der Waals surface area contributed by atoms with E-state index in [0.29, 0.717) is 17.9 Å². The number of benzene rings is 2. The van der Waals surface area contributed by atoms with Crippen LogP contribution in [0, 0.1) is 17.0 Å². The third-order valence-electron chi connectivity index (χ3n) is 7.38. The lowest BCUT2D eigenvalue weighted by Gasteiger charge is -2.30. The third kappa shape index (κ3) is 8.28. The molecule has 4 N–H and O–H groups in total. The summed E-state index contributed by atoms with van der Waals surface area (Å²) in [5.74, 6) is 1.78. The average molecular weight is 582 g/mol. The Hall–Kier alpha value is -3.47. The van der Waals surface area contributed by atoms with E-state index in [-0.39, 0.29) is 28.3 Å². The molecule has 1 aliphatic carbocycles. The van der Waals surface area contributed by atoms with Gasteiger partial charge in [-0.05, 0) is 102 Å². The molecule has 2 heterocycles. The summed E-state index contributed by atoms with van der Waals surface area (Å²) >= 11 is 6.31. The monoisotopic (exact) mass is 581 g/mol. The molecule has 2 fully saturated rings. The second kappa shape index (κ2) is 13.9. The number of nitro benzene ring substituents is 1. The highest BCUT2D eigenvalue weighted by molar-refractivity contribution is 6.33. The number of hydrogen-bond donors (Lipinski definition) is 3. The Balaban J connectivity index is 0.000000699. The van der Waals surface area contributed by atoms with Crippen LogP contribution < -0.4 is 21.1 Å². The molecule has 1 aliphatic heterocycles. The maximum Gasteiger partial charge on any atom is 0.292 e. The predicted molar refractivity (Wildman–Crippen MR) is 165 cm³/mol. The number of piperidine rings is 1. The minimum absolute atomic E-state index is 0.0133. The zero-order valence-corrected chi connectivity index (χ0v) is 24.9. The van der Waals surface area contributed by atoms with Crippen LogP contribution in [0.15, 0.2) is 42.6 Å². The number of rotatable bonds is 8. The lowest BCUT2D eigenvalue weighted by atomic mass is 9.86. The molecular formula is C30H40ClN7O3. The molecule has 0 amide bonds. The number of nitrogens with two attached hydrogens (primary N) is 1. The van der Waals surface area contributed by atoms with E-state index >= 15 is 0 Å². The van der Waals surface area contributed by atoms with Gasteiger partial charge in [-0.3, -0.25) is 10.1 Å². The topological polar surface area (TPSA) is 131 Å². The number of halogens is 1. The molecule has 10 nitrogen and oxygen atoms in total. The van der Waals surface area contributed by atoms with Gasteiger partial charge in [-0.1, -0.05) is 30.2 Å². The molecule has 3 aromatic rings. The number of aryl methyl sites for hydroxylation is 1. The lowest BCUT2D eigenvalue weighted by molar-refractivity contribution is -0.383. The van der Waals surface area contributed by atoms with Crippen LogP contribution in [-0.4, -0.2) is 52.1 Å². The summed E-state index contributed by atoms with van der Waals surface area (Å²) in [7, 11) is 2.16. The van der Waals surface area contributed by atoms with Gasteiger partial charge >= 0.3 is 0 Å². The van der Waals surface area contributed by atoms with E-state index in [1.54, 1.807) is 18.2 Å². The Morgan fingerprint density at radius 2 is 1.80 bits per heavy atom. The minimum Gasteiger partial charge on any atom is -0.489 e. The van der Waals surface area contributed by atoms with Crippen LogP contribution in [0.3, 0.4) is 0 Å². The maximum absolute atomic E-state index is 11.4. The molecule has 1 saturated heterocycles. The summed E-state index contributed by atoms with van der Waals surface area (Å²) in [6.07, 6.45) is 7.57.